The van der Waals surface area contributed by atoms with Gasteiger partial charge in [-0.05, 0) is 57.8 Å². The Kier molecular flexibility index (Phi) is 38.2. The number of unbranched alkanes of at least 4 members (excludes halogenated alkanes) is 15. The van der Waals surface area contributed by atoms with Gasteiger partial charge in [-0.15, -0.1) is 0 Å². The first-order chi connectivity index (χ1) is 26.7. The Morgan fingerprint density at radius 2 is 1.00 bits per heavy atom. The van der Waals surface area contributed by atoms with Crippen molar-refractivity contribution < 1.29 is 47.8 Å². The van der Waals surface area contributed by atoms with Crippen LogP contribution in [0.15, 0.2) is 60.8 Å². The number of aliphatic hydroxyl groups is 2. The topological polar surface area (TPSA) is 149 Å². The van der Waals surface area contributed by atoms with Crippen molar-refractivity contribution in [2.45, 2.75) is 180 Å². The number of carbonyl (C=O) groups excluding carboxylic acids is 2. The minimum Gasteiger partial charge on any atom is -0.462 e. The molecule has 55 heavy (non-hydrogen) atoms. The average Bonchev–Trinajstić information content (AvgIpc) is 3.17. The van der Waals surface area contributed by atoms with Crippen LogP contribution in [0.3, 0.4) is 0 Å². The normalized spacial score (nSPS) is 14.5. The Morgan fingerprint density at radius 1 is 0.564 bits per heavy atom. The second-order valence-corrected chi connectivity index (χ2v) is 15.4. The van der Waals surface area contributed by atoms with Gasteiger partial charge < -0.3 is 24.6 Å². The molecule has 11 heteroatoms. The Morgan fingerprint density at radius 3 is 1.51 bits per heavy atom. The van der Waals surface area contributed by atoms with Crippen LogP contribution in [0.25, 0.3) is 0 Å². The maximum Gasteiger partial charge on any atom is 0.472 e. The molecule has 0 aliphatic rings. The molecule has 0 aliphatic heterocycles. The van der Waals surface area contributed by atoms with Crippen LogP contribution in [-0.4, -0.2) is 65.7 Å². The predicted octanol–water partition coefficient (Wildman–Crippen LogP) is 11.1. The summed E-state index contributed by atoms with van der Waals surface area (Å²) in [5.74, 6) is -0.964. The van der Waals surface area contributed by atoms with Crippen LogP contribution < -0.4 is 0 Å². The number of hydrogen-bond donors (Lipinski definition) is 3. The molecule has 0 fully saturated rings. The molecule has 10 nitrogen and oxygen atoms in total. The Labute approximate surface area is 334 Å². The van der Waals surface area contributed by atoms with E-state index in [4.69, 9.17) is 19.1 Å². The molecule has 3 N–H and O–H groups in total. The third-order valence-corrected chi connectivity index (χ3v) is 9.64. The molecular formula is C44H77O10P. The van der Waals surface area contributed by atoms with Gasteiger partial charge in [0, 0.05) is 12.8 Å². The van der Waals surface area contributed by atoms with Gasteiger partial charge in [-0.1, -0.05) is 158 Å². The number of ether oxygens (including phenoxy) is 2. The highest BCUT2D eigenvalue weighted by molar-refractivity contribution is 7.47. The van der Waals surface area contributed by atoms with Crippen molar-refractivity contribution >= 4 is 19.8 Å². The van der Waals surface area contributed by atoms with Gasteiger partial charge in [-0.25, -0.2) is 4.57 Å². The van der Waals surface area contributed by atoms with E-state index in [1.807, 2.05) is 0 Å². The molecule has 0 amide bonds. The van der Waals surface area contributed by atoms with Gasteiger partial charge in [0.15, 0.2) is 6.10 Å². The first kappa shape index (κ1) is 52.7. The van der Waals surface area contributed by atoms with Crippen LogP contribution in [0.2, 0.25) is 0 Å². The molecule has 0 radical (unpaired) electrons. The molecule has 3 atom stereocenters. The summed E-state index contributed by atoms with van der Waals surface area (Å²) in [7, 11) is -4.63. The van der Waals surface area contributed by atoms with Crippen LogP contribution in [0.4, 0.5) is 0 Å². The van der Waals surface area contributed by atoms with Crippen LogP contribution in [0, 0.1) is 0 Å². The van der Waals surface area contributed by atoms with Gasteiger partial charge in [-0.3, -0.25) is 18.6 Å². The lowest BCUT2D eigenvalue weighted by Crippen LogP contribution is -2.29. The maximum atomic E-state index is 12.6. The minimum atomic E-state index is -4.63. The van der Waals surface area contributed by atoms with Gasteiger partial charge in [-0.2, -0.15) is 0 Å². The van der Waals surface area contributed by atoms with E-state index in [0.717, 1.165) is 70.6 Å². The lowest BCUT2D eigenvalue weighted by atomic mass is 10.0. The smallest absolute Gasteiger partial charge is 0.462 e. The number of hydrogen-bond acceptors (Lipinski definition) is 9. The number of phosphoric ester groups is 1. The molecule has 0 aromatic carbocycles. The zero-order valence-corrected chi connectivity index (χ0v) is 35.3. The van der Waals surface area contributed by atoms with Crippen molar-refractivity contribution in [3.8, 4) is 0 Å². The molecular weight excluding hydrogens is 719 g/mol. The third-order valence-electron chi connectivity index (χ3n) is 8.69. The summed E-state index contributed by atoms with van der Waals surface area (Å²) in [5, 5.41) is 18.3. The van der Waals surface area contributed by atoms with Gasteiger partial charge in [0.2, 0.25) is 0 Å². The molecule has 0 rings (SSSR count). The van der Waals surface area contributed by atoms with Crippen molar-refractivity contribution in [1.82, 2.24) is 0 Å². The standard InChI is InChI=1S/C44H77O10P/c1-3-5-7-9-11-13-15-17-18-19-20-21-22-24-26-28-30-32-34-36-44(48)54-42(40-53-55(49,50)52-38-41(46)37-45)39-51-43(47)35-33-31-29-27-25-23-16-14-12-10-8-6-4-2/h5,7,11,13,17-18,20-21,24,26,41-42,45-46H,3-4,6,8-10,12,14-16,19,22-23,25,27-40H2,1-2H3,(H,49,50)/b7-5-,13-11-,18-17-,21-20-,26-24-. The van der Waals surface area contributed by atoms with Crippen molar-refractivity contribution in [2.24, 2.45) is 0 Å². The lowest BCUT2D eigenvalue weighted by molar-refractivity contribution is -0.161. The largest absolute Gasteiger partial charge is 0.472 e. The summed E-state index contributed by atoms with van der Waals surface area (Å²) in [4.78, 5) is 34.9. The first-order valence-corrected chi connectivity index (χ1v) is 22.7. The number of allylic oxidation sites excluding steroid dienone is 10. The quantitative estimate of drug-likeness (QED) is 0.0237. The second kappa shape index (κ2) is 39.9. The van der Waals surface area contributed by atoms with E-state index in [9.17, 15) is 24.2 Å². The fraction of sp³-hybridized carbons (Fsp3) is 0.727. The van der Waals surface area contributed by atoms with E-state index in [1.54, 1.807) is 0 Å². The highest BCUT2D eigenvalue weighted by Gasteiger charge is 2.27. The molecule has 0 saturated heterocycles. The predicted molar refractivity (Wildman–Crippen MR) is 224 cm³/mol. The van der Waals surface area contributed by atoms with Crippen LogP contribution >= 0.6 is 7.82 Å². The molecule has 0 saturated carbocycles. The zero-order valence-electron chi connectivity index (χ0n) is 34.4. The number of rotatable bonds is 39. The number of carbonyl (C=O) groups is 2. The second-order valence-electron chi connectivity index (χ2n) is 14.0. The summed E-state index contributed by atoms with van der Waals surface area (Å²) >= 11 is 0. The summed E-state index contributed by atoms with van der Waals surface area (Å²) in [5.41, 5.74) is 0. The van der Waals surface area contributed by atoms with Crippen molar-refractivity contribution in [3.63, 3.8) is 0 Å². The Bertz CT molecular complexity index is 1100. The SMILES string of the molecule is CC/C=C\C/C=C\C/C=C\C/C=C\C/C=C\CCCCCC(=O)OC(COC(=O)CCCCCCCCCCCCCCC)COP(=O)(O)OCC(O)CO. The molecule has 0 aromatic rings. The molecule has 0 aliphatic carbocycles. The lowest BCUT2D eigenvalue weighted by Gasteiger charge is -2.20. The van der Waals surface area contributed by atoms with E-state index < -0.39 is 51.8 Å². The van der Waals surface area contributed by atoms with Crippen LogP contribution in [-0.2, 0) is 32.7 Å². The van der Waals surface area contributed by atoms with E-state index in [1.165, 1.54) is 57.8 Å². The van der Waals surface area contributed by atoms with Crippen molar-refractivity contribution in [1.29, 1.82) is 0 Å². The number of aliphatic hydroxyl groups excluding tert-OH is 2. The summed E-state index contributed by atoms with van der Waals surface area (Å²) in [6, 6.07) is 0. The summed E-state index contributed by atoms with van der Waals surface area (Å²) in [6.45, 7) is 2.22. The van der Waals surface area contributed by atoms with Crippen molar-refractivity contribution in [3.05, 3.63) is 60.8 Å². The van der Waals surface area contributed by atoms with E-state index in [0.29, 0.717) is 12.8 Å². The van der Waals surface area contributed by atoms with E-state index >= 15 is 0 Å². The Balaban J connectivity index is 4.38. The zero-order chi connectivity index (χ0) is 40.5. The van der Waals surface area contributed by atoms with E-state index in [-0.39, 0.29) is 19.4 Å². The van der Waals surface area contributed by atoms with Crippen molar-refractivity contribution in [2.75, 3.05) is 26.4 Å². The Hall–Kier alpha value is -2.33. The fourth-order valence-corrected chi connectivity index (χ4v) is 6.22. The number of esters is 2. The molecule has 0 spiro atoms. The van der Waals surface area contributed by atoms with Crippen LogP contribution in [0.5, 0.6) is 0 Å². The third kappa shape index (κ3) is 39.7. The van der Waals surface area contributed by atoms with Gasteiger partial charge in [0.25, 0.3) is 0 Å². The molecule has 3 unspecified atom stereocenters. The summed E-state index contributed by atoms with van der Waals surface area (Å²) in [6.07, 6.45) is 43.3. The highest BCUT2D eigenvalue weighted by Crippen LogP contribution is 2.43. The minimum absolute atomic E-state index is 0.144. The first-order valence-electron chi connectivity index (χ1n) is 21.2. The highest BCUT2D eigenvalue weighted by atomic mass is 31.2. The average molecular weight is 797 g/mol. The number of phosphoric acid groups is 1. The molecule has 0 heterocycles. The monoisotopic (exact) mass is 797 g/mol. The van der Waals surface area contributed by atoms with E-state index in [2.05, 4.69) is 79.1 Å². The maximum absolute atomic E-state index is 12.6. The molecule has 318 valence electrons. The molecule has 0 aromatic heterocycles. The van der Waals surface area contributed by atoms with Crippen LogP contribution in [0.1, 0.15) is 168 Å². The fourth-order valence-electron chi connectivity index (χ4n) is 5.43. The summed E-state index contributed by atoms with van der Waals surface area (Å²) < 4.78 is 32.7. The van der Waals surface area contributed by atoms with Gasteiger partial charge >= 0.3 is 19.8 Å². The van der Waals surface area contributed by atoms with Gasteiger partial charge in [0.05, 0.1) is 19.8 Å². The van der Waals surface area contributed by atoms with Gasteiger partial charge in [0.1, 0.15) is 12.7 Å². The molecule has 0 bridgehead atoms.